The van der Waals surface area contributed by atoms with Crippen LogP contribution in [0.1, 0.15) is 17.2 Å². The summed E-state index contributed by atoms with van der Waals surface area (Å²) in [7, 11) is 0. The van der Waals surface area contributed by atoms with Crippen LogP contribution in [0.4, 0.5) is 11.4 Å². The molecule has 0 radical (unpaired) electrons. The summed E-state index contributed by atoms with van der Waals surface area (Å²) in [4.78, 5) is 37.9. The molecular formula is C23H16N2O5. The number of hydrogen-bond donors (Lipinski definition) is 1. The predicted molar refractivity (Wildman–Crippen MR) is 111 cm³/mol. The SMILES string of the molecule is O=C1C(=O)N(c2ccccc2)[C@H](c2cccc([N+](=O)[O-])c2)C1=C(O)c1ccccc1. The van der Waals surface area contributed by atoms with E-state index in [1.54, 1.807) is 66.7 Å². The summed E-state index contributed by atoms with van der Waals surface area (Å²) in [5.41, 5.74) is 0.883. The van der Waals surface area contributed by atoms with Gasteiger partial charge in [0.2, 0.25) is 0 Å². The minimum Gasteiger partial charge on any atom is -0.507 e. The van der Waals surface area contributed by atoms with E-state index in [1.165, 1.54) is 23.1 Å². The maximum absolute atomic E-state index is 13.0. The minimum absolute atomic E-state index is 0.115. The molecule has 0 saturated carbocycles. The highest BCUT2D eigenvalue weighted by molar-refractivity contribution is 6.51. The molecule has 0 aromatic heterocycles. The number of carbonyl (C=O) groups excluding carboxylic acids is 2. The first-order chi connectivity index (χ1) is 14.5. The van der Waals surface area contributed by atoms with Gasteiger partial charge in [0.1, 0.15) is 5.76 Å². The van der Waals surface area contributed by atoms with E-state index in [1.807, 2.05) is 0 Å². The van der Waals surface area contributed by atoms with Crippen molar-refractivity contribution in [2.24, 2.45) is 0 Å². The number of para-hydroxylation sites is 1. The number of nitrogens with zero attached hydrogens (tertiary/aromatic N) is 2. The van der Waals surface area contributed by atoms with Gasteiger partial charge in [-0.25, -0.2) is 0 Å². The summed E-state index contributed by atoms with van der Waals surface area (Å²) in [6.07, 6.45) is 0. The third kappa shape index (κ3) is 3.22. The lowest BCUT2D eigenvalue weighted by Crippen LogP contribution is -2.29. The third-order valence-electron chi connectivity index (χ3n) is 4.92. The number of rotatable bonds is 4. The Morgan fingerprint density at radius 2 is 1.53 bits per heavy atom. The second-order valence-electron chi connectivity index (χ2n) is 6.72. The lowest BCUT2D eigenvalue weighted by Gasteiger charge is -2.25. The van der Waals surface area contributed by atoms with Crippen molar-refractivity contribution in [3.63, 3.8) is 0 Å². The van der Waals surface area contributed by atoms with Crippen LogP contribution in [0.2, 0.25) is 0 Å². The Kier molecular flexibility index (Phi) is 4.85. The van der Waals surface area contributed by atoms with Crippen LogP contribution < -0.4 is 4.90 Å². The molecule has 1 aliphatic heterocycles. The molecule has 30 heavy (non-hydrogen) atoms. The molecule has 4 rings (SSSR count). The van der Waals surface area contributed by atoms with Crippen LogP contribution in [-0.2, 0) is 9.59 Å². The van der Waals surface area contributed by atoms with Gasteiger partial charge >= 0.3 is 0 Å². The zero-order valence-corrected chi connectivity index (χ0v) is 15.6. The zero-order valence-electron chi connectivity index (χ0n) is 15.6. The number of anilines is 1. The van der Waals surface area contributed by atoms with Crippen molar-refractivity contribution in [3.8, 4) is 0 Å². The molecular weight excluding hydrogens is 384 g/mol. The standard InChI is InChI=1S/C23H16N2O5/c26-21(15-8-3-1-4-9-15)19-20(16-10-7-13-18(14-16)25(29)30)24(23(28)22(19)27)17-11-5-2-6-12-17/h1-14,20,26H/t20-/m1/s1. The Labute approximate surface area is 171 Å². The van der Waals surface area contributed by atoms with E-state index >= 15 is 0 Å². The summed E-state index contributed by atoms with van der Waals surface area (Å²) in [5, 5.41) is 22.2. The number of Topliss-reactive ketones (excluding diaryl/α,β-unsaturated/α-hetero) is 1. The number of nitro groups is 1. The Morgan fingerprint density at radius 1 is 0.900 bits per heavy atom. The van der Waals surface area contributed by atoms with Gasteiger partial charge in [0.25, 0.3) is 17.4 Å². The van der Waals surface area contributed by atoms with Crippen molar-refractivity contribution in [2.75, 3.05) is 4.90 Å². The Balaban J connectivity index is 1.97. The monoisotopic (exact) mass is 400 g/mol. The second-order valence-corrected chi connectivity index (χ2v) is 6.72. The normalized spacial score (nSPS) is 17.9. The van der Waals surface area contributed by atoms with Crippen LogP contribution in [0.15, 0.2) is 90.5 Å². The fourth-order valence-corrected chi connectivity index (χ4v) is 3.56. The molecule has 3 aromatic rings. The van der Waals surface area contributed by atoms with Crippen LogP contribution in [-0.4, -0.2) is 21.7 Å². The van der Waals surface area contributed by atoms with Crippen LogP contribution in [0, 0.1) is 10.1 Å². The number of amides is 1. The zero-order chi connectivity index (χ0) is 21.3. The van der Waals surface area contributed by atoms with Crippen molar-refractivity contribution >= 4 is 28.8 Å². The summed E-state index contributed by atoms with van der Waals surface area (Å²) in [5.74, 6) is -1.99. The van der Waals surface area contributed by atoms with Gasteiger partial charge < -0.3 is 5.11 Å². The molecule has 1 N–H and O–H groups in total. The van der Waals surface area contributed by atoms with Crippen LogP contribution in [0.5, 0.6) is 0 Å². The number of benzene rings is 3. The summed E-state index contributed by atoms with van der Waals surface area (Å²) < 4.78 is 0. The first kappa shape index (κ1) is 19.1. The van der Waals surface area contributed by atoms with Gasteiger partial charge in [0.15, 0.2) is 0 Å². The number of non-ortho nitro benzene ring substituents is 1. The maximum Gasteiger partial charge on any atom is 0.300 e. The number of aliphatic hydroxyl groups is 1. The van der Waals surface area contributed by atoms with Crippen LogP contribution in [0.25, 0.3) is 5.76 Å². The van der Waals surface area contributed by atoms with E-state index in [4.69, 9.17) is 0 Å². The fourth-order valence-electron chi connectivity index (χ4n) is 3.56. The molecule has 3 aromatic carbocycles. The molecule has 0 unspecified atom stereocenters. The van der Waals surface area contributed by atoms with Gasteiger partial charge in [-0.05, 0) is 17.7 Å². The average Bonchev–Trinajstić information content (AvgIpc) is 3.05. The number of aliphatic hydroxyl groups excluding tert-OH is 1. The predicted octanol–water partition coefficient (Wildman–Crippen LogP) is 4.22. The second kappa shape index (κ2) is 7.63. The van der Waals surface area contributed by atoms with Gasteiger partial charge in [-0.15, -0.1) is 0 Å². The lowest BCUT2D eigenvalue weighted by atomic mass is 9.95. The highest BCUT2D eigenvalue weighted by Gasteiger charge is 2.47. The van der Waals surface area contributed by atoms with E-state index in [9.17, 15) is 24.8 Å². The van der Waals surface area contributed by atoms with Crippen molar-refractivity contribution in [1.82, 2.24) is 0 Å². The number of hydrogen-bond acceptors (Lipinski definition) is 5. The molecule has 7 heteroatoms. The molecule has 7 nitrogen and oxygen atoms in total. The highest BCUT2D eigenvalue weighted by atomic mass is 16.6. The largest absolute Gasteiger partial charge is 0.507 e. The molecule has 1 atom stereocenters. The van der Waals surface area contributed by atoms with Gasteiger partial charge in [-0.3, -0.25) is 24.6 Å². The Morgan fingerprint density at radius 3 is 2.17 bits per heavy atom. The third-order valence-corrected chi connectivity index (χ3v) is 4.92. The van der Waals surface area contributed by atoms with Crippen LogP contribution >= 0.6 is 0 Å². The van der Waals surface area contributed by atoms with Crippen LogP contribution in [0.3, 0.4) is 0 Å². The van der Waals surface area contributed by atoms with Crippen molar-refractivity contribution in [1.29, 1.82) is 0 Å². The highest BCUT2D eigenvalue weighted by Crippen LogP contribution is 2.42. The van der Waals surface area contributed by atoms with Gasteiger partial charge in [0, 0.05) is 23.4 Å². The quantitative estimate of drug-likeness (QED) is 0.232. The number of carbonyl (C=O) groups is 2. The minimum atomic E-state index is -1.01. The average molecular weight is 400 g/mol. The summed E-state index contributed by atoms with van der Waals surface area (Å²) in [6.45, 7) is 0. The Hall–Kier alpha value is -4.26. The molecule has 1 aliphatic rings. The van der Waals surface area contributed by atoms with Gasteiger partial charge in [-0.1, -0.05) is 60.7 Å². The van der Waals surface area contributed by atoms with Crippen molar-refractivity contribution < 1.29 is 19.6 Å². The molecule has 0 bridgehead atoms. The smallest absolute Gasteiger partial charge is 0.300 e. The molecule has 1 fully saturated rings. The van der Waals surface area contributed by atoms with Gasteiger partial charge in [0.05, 0.1) is 16.5 Å². The van der Waals surface area contributed by atoms with E-state index in [2.05, 4.69) is 0 Å². The van der Waals surface area contributed by atoms with E-state index in [0.29, 0.717) is 16.8 Å². The molecule has 1 saturated heterocycles. The first-order valence-electron chi connectivity index (χ1n) is 9.15. The maximum atomic E-state index is 13.0. The molecule has 0 spiro atoms. The lowest BCUT2D eigenvalue weighted by molar-refractivity contribution is -0.384. The summed E-state index contributed by atoms with van der Waals surface area (Å²) in [6, 6.07) is 21.7. The van der Waals surface area contributed by atoms with Crippen molar-refractivity contribution in [3.05, 3.63) is 112 Å². The van der Waals surface area contributed by atoms with Gasteiger partial charge in [-0.2, -0.15) is 0 Å². The van der Waals surface area contributed by atoms with E-state index in [0.717, 1.165) is 0 Å². The first-order valence-corrected chi connectivity index (χ1v) is 9.15. The summed E-state index contributed by atoms with van der Waals surface area (Å²) >= 11 is 0. The van der Waals surface area contributed by atoms with E-state index < -0.39 is 22.7 Å². The Bertz CT molecular complexity index is 1170. The fraction of sp³-hybridized carbons (Fsp3) is 0.0435. The van der Waals surface area contributed by atoms with Crippen molar-refractivity contribution in [2.45, 2.75) is 6.04 Å². The van der Waals surface area contributed by atoms with E-state index in [-0.39, 0.29) is 17.0 Å². The molecule has 1 amide bonds. The molecule has 1 heterocycles. The molecule has 0 aliphatic carbocycles. The number of nitro benzene ring substituents is 1. The number of ketones is 1. The topological polar surface area (TPSA) is 101 Å². The molecule has 148 valence electrons.